The number of halogens is 2. The standard InChI is InChI=1S/C15H21F2NO2/c1-2-15(20)6-5-13(18-15)14(19)4-3-10-7-11(16)9-12(17)8-10/h7-9,13-14,18-20H,2-6H2,1H3. The van der Waals surface area contributed by atoms with E-state index < -0.39 is 23.5 Å². The summed E-state index contributed by atoms with van der Waals surface area (Å²) in [5, 5.41) is 23.2. The smallest absolute Gasteiger partial charge is 0.126 e. The minimum Gasteiger partial charge on any atom is -0.391 e. The minimum absolute atomic E-state index is 0.168. The zero-order chi connectivity index (χ0) is 14.8. The average Bonchev–Trinajstić information content (AvgIpc) is 2.78. The van der Waals surface area contributed by atoms with Crippen molar-refractivity contribution >= 4 is 0 Å². The van der Waals surface area contributed by atoms with Crippen molar-refractivity contribution in [1.29, 1.82) is 0 Å². The summed E-state index contributed by atoms with van der Waals surface area (Å²) in [5.74, 6) is -1.21. The molecule has 0 spiro atoms. The van der Waals surface area contributed by atoms with Crippen molar-refractivity contribution in [3.8, 4) is 0 Å². The summed E-state index contributed by atoms with van der Waals surface area (Å²) in [5.41, 5.74) is -0.360. The van der Waals surface area contributed by atoms with Gasteiger partial charge in [0.05, 0.1) is 6.10 Å². The molecule has 1 heterocycles. The van der Waals surface area contributed by atoms with Gasteiger partial charge in [-0.1, -0.05) is 6.92 Å². The fraction of sp³-hybridized carbons (Fsp3) is 0.600. The van der Waals surface area contributed by atoms with Crippen LogP contribution in [0.25, 0.3) is 0 Å². The number of aryl methyl sites for hydroxylation is 1. The number of nitrogens with one attached hydrogen (secondary N) is 1. The third-order valence-corrected chi connectivity index (χ3v) is 4.02. The second kappa shape index (κ2) is 6.16. The molecule has 3 unspecified atom stereocenters. The zero-order valence-electron chi connectivity index (χ0n) is 11.6. The maximum absolute atomic E-state index is 13.1. The first-order valence-corrected chi connectivity index (χ1v) is 7.05. The summed E-state index contributed by atoms with van der Waals surface area (Å²) in [6.45, 7) is 1.89. The summed E-state index contributed by atoms with van der Waals surface area (Å²) in [7, 11) is 0. The van der Waals surface area contributed by atoms with Crippen LogP contribution in [0.3, 0.4) is 0 Å². The molecule has 112 valence electrons. The molecule has 0 aliphatic carbocycles. The van der Waals surface area contributed by atoms with Crippen molar-refractivity contribution in [2.75, 3.05) is 0 Å². The predicted octanol–water partition coefficient (Wildman–Crippen LogP) is 2.11. The van der Waals surface area contributed by atoms with E-state index in [9.17, 15) is 19.0 Å². The molecule has 20 heavy (non-hydrogen) atoms. The van der Waals surface area contributed by atoms with Crippen LogP contribution in [-0.4, -0.2) is 28.1 Å². The Kier molecular flexibility index (Phi) is 4.73. The fourth-order valence-corrected chi connectivity index (χ4v) is 2.72. The fourth-order valence-electron chi connectivity index (χ4n) is 2.72. The maximum atomic E-state index is 13.1. The lowest BCUT2D eigenvalue weighted by Crippen LogP contribution is -2.46. The number of rotatable bonds is 5. The highest BCUT2D eigenvalue weighted by Gasteiger charge is 2.37. The number of benzene rings is 1. The highest BCUT2D eigenvalue weighted by molar-refractivity contribution is 5.18. The van der Waals surface area contributed by atoms with Gasteiger partial charge in [0.25, 0.3) is 0 Å². The van der Waals surface area contributed by atoms with E-state index in [-0.39, 0.29) is 6.04 Å². The van der Waals surface area contributed by atoms with Gasteiger partial charge in [-0.2, -0.15) is 0 Å². The normalized spacial score (nSPS) is 27.8. The third kappa shape index (κ3) is 3.75. The first kappa shape index (κ1) is 15.4. The molecule has 1 aliphatic rings. The number of aliphatic hydroxyl groups is 2. The SMILES string of the molecule is CCC1(O)CCC(C(O)CCc2cc(F)cc(F)c2)N1. The van der Waals surface area contributed by atoms with Crippen LogP contribution >= 0.6 is 0 Å². The maximum Gasteiger partial charge on any atom is 0.126 e. The van der Waals surface area contributed by atoms with Gasteiger partial charge in [-0.05, 0) is 49.8 Å². The van der Waals surface area contributed by atoms with Gasteiger partial charge in [-0.3, -0.25) is 5.32 Å². The molecule has 0 amide bonds. The van der Waals surface area contributed by atoms with Gasteiger partial charge in [0.2, 0.25) is 0 Å². The van der Waals surface area contributed by atoms with Gasteiger partial charge in [0.1, 0.15) is 17.4 Å². The van der Waals surface area contributed by atoms with E-state index in [2.05, 4.69) is 5.32 Å². The van der Waals surface area contributed by atoms with Crippen LogP contribution in [0.4, 0.5) is 8.78 Å². The highest BCUT2D eigenvalue weighted by atomic mass is 19.1. The molecule has 0 saturated carbocycles. The van der Waals surface area contributed by atoms with Gasteiger partial charge in [-0.15, -0.1) is 0 Å². The molecule has 3 atom stereocenters. The van der Waals surface area contributed by atoms with Crippen LogP contribution in [0.1, 0.15) is 38.2 Å². The molecular formula is C15H21F2NO2. The van der Waals surface area contributed by atoms with Crippen molar-refractivity contribution in [3.05, 3.63) is 35.4 Å². The van der Waals surface area contributed by atoms with Crippen LogP contribution in [0.2, 0.25) is 0 Å². The quantitative estimate of drug-likeness (QED) is 0.776. The first-order chi connectivity index (χ1) is 9.42. The minimum atomic E-state index is -0.892. The first-order valence-electron chi connectivity index (χ1n) is 7.05. The molecule has 3 nitrogen and oxygen atoms in total. The predicted molar refractivity (Wildman–Crippen MR) is 72.1 cm³/mol. The molecule has 1 fully saturated rings. The van der Waals surface area contributed by atoms with Crippen molar-refractivity contribution in [2.24, 2.45) is 0 Å². The van der Waals surface area contributed by atoms with E-state index in [4.69, 9.17) is 0 Å². The van der Waals surface area contributed by atoms with E-state index in [0.717, 1.165) is 6.07 Å². The van der Waals surface area contributed by atoms with Crippen molar-refractivity contribution in [3.63, 3.8) is 0 Å². The monoisotopic (exact) mass is 285 g/mol. The molecule has 1 saturated heterocycles. The average molecular weight is 285 g/mol. The van der Waals surface area contributed by atoms with Gasteiger partial charge in [0.15, 0.2) is 0 Å². The van der Waals surface area contributed by atoms with Gasteiger partial charge in [0, 0.05) is 12.1 Å². The Balaban J connectivity index is 1.88. The Labute approximate surface area is 117 Å². The van der Waals surface area contributed by atoms with E-state index in [1.807, 2.05) is 6.92 Å². The Morgan fingerprint density at radius 2 is 2.00 bits per heavy atom. The van der Waals surface area contributed by atoms with Crippen LogP contribution in [-0.2, 0) is 6.42 Å². The molecule has 5 heteroatoms. The van der Waals surface area contributed by atoms with E-state index in [1.54, 1.807) is 0 Å². The van der Waals surface area contributed by atoms with E-state index in [0.29, 0.717) is 37.7 Å². The van der Waals surface area contributed by atoms with Gasteiger partial charge < -0.3 is 10.2 Å². The molecule has 3 N–H and O–H groups in total. The largest absolute Gasteiger partial charge is 0.391 e. The van der Waals surface area contributed by atoms with Crippen LogP contribution < -0.4 is 5.32 Å². The number of aliphatic hydroxyl groups excluding tert-OH is 1. The number of hydrogen-bond donors (Lipinski definition) is 3. The molecule has 1 aliphatic heterocycles. The van der Waals surface area contributed by atoms with Crippen molar-refractivity contribution in [1.82, 2.24) is 5.32 Å². The van der Waals surface area contributed by atoms with Crippen molar-refractivity contribution < 1.29 is 19.0 Å². The molecule has 0 bridgehead atoms. The Morgan fingerprint density at radius 1 is 1.35 bits per heavy atom. The Bertz CT molecular complexity index is 449. The van der Waals surface area contributed by atoms with Crippen LogP contribution in [0.5, 0.6) is 0 Å². The third-order valence-electron chi connectivity index (χ3n) is 4.02. The molecule has 0 radical (unpaired) electrons. The summed E-state index contributed by atoms with van der Waals surface area (Å²) in [4.78, 5) is 0. The van der Waals surface area contributed by atoms with Crippen LogP contribution in [0, 0.1) is 11.6 Å². The lowest BCUT2D eigenvalue weighted by Gasteiger charge is -2.25. The Morgan fingerprint density at radius 3 is 2.55 bits per heavy atom. The lowest BCUT2D eigenvalue weighted by molar-refractivity contribution is 0.00571. The topological polar surface area (TPSA) is 52.5 Å². The molecule has 1 aromatic rings. The zero-order valence-corrected chi connectivity index (χ0v) is 11.6. The van der Waals surface area contributed by atoms with Gasteiger partial charge >= 0.3 is 0 Å². The van der Waals surface area contributed by atoms with Gasteiger partial charge in [-0.25, -0.2) is 8.78 Å². The Hall–Kier alpha value is -1.04. The molecule has 2 rings (SSSR count). The summed E-state index contributed by atoms with van der Waals surface area (Å²) >= 11 is 0. The second-order valence-corrected chi connectivity index (χ2v) is 5.56. The highest BCUT2D eigenvalue weighted by Crippen LogP contribution is 2.26. The van der Waals surface area contributed by atoms with Crippen molar-refractivity contribution in [2.45, 2.75) is 56.9 Å². The molecule has 0 aromatic heterocycles. The second-order valence-electron chi connectivity index (χ2n) is 5.56. The van der Waals surface area contributed by atoms with E-state index >= 15 is 0 Å². The number of hydrogen-bond acceptors (Lipinski definition) is 3. The lowest BCUT2D eigenvalue weighted by atomic mass is 10.0. The molecule has 1 aromatic carbocycles. The molecular weight excluding hydrogens is 264 g/mol. The summed E-state index contributed by atoms with van der Waals surface area (Å²) < 4.78 is 26.1. The summed E-state index contributed by atoms with van der Waals surface area (Å²) in [6.07, 6.45) is 2.06. The van der Waals surface area contributed by atoms with Crippen LogP contribution in [0.15, 0.2) is 18.2 Å². The van der Waals surface area contributed by atoms with E-state index in [1.165, 1.54) is 12.1 Å². The summed E-state index contributed by atoms with van der Waals surface area (Å²) in [6, 6.07) is 3.22.